The Morgan fingerprint density at radius 3 is 2.83 bits per heavy atom. The van der Waals surface area contributed by atoms with E-state index in [2.05, 4.69) is 29.0 Å². The van der Waals surface area contributed by atoms with Crippen molar-refractivity contribution in [3.8, 4) is 11.8 Å². The van der Waals surface area contributed by atoms with E-state index in [0.717, 1.165) is 19.6 Å². The molecule has 5 heteroatoms. The molecule has 1 fully saturated rings. The maximum Gasteiger partial charge on any atom is 0.251 e. The molecule has 1 aromatic rings. The summed E-state index contributed by atoms with van der Waals surface area (Å²) >= 11 is 0. The van der Waals surface area contributed by atoms with Gasteiger partial charge in [-0.2, -0.15) is 0 Å². The van der Waals surface area contributed by atoms with Crippen molar-refractivity contribution < 1.29 is 14.6 Å². The second-order valence-electron chi connectivity index (χ2n) is 6.60. The Bertz CT molecular complexity index is 640. The molecule has 2 atom stereocenters. The predicted octanol–water partition coefficient (Wildman–Crippen LogP) is 1.26. The second-order valence-corrected chi connectivity index (χ2v) is 6.60. The van der Waals surface area contributed by atoms with E-state index >= 15 is 0 Å². The molecule has 130 valence electrons. The van der Waals surface area contributed by atoms with E-state index in [1.54, 1.807) is 39.2 Å². The zero-order chi connectivity index (χ0) is 17.7. The summed E-state index contributed by atoms with van der Waals surface area (Å²) in [5.74, 6) is 5.52. The lowest BCUT2D eigenvalue weighted by Gasteiger charge is -2.18. The van der Waals surface area contributed by atoms with Gasteiger partial charge in [-0.15, -0.1) is 0 Å². The highest BCUT2D eigenvalue weighted by Crippen LogP contribution is 2.14. The first kappa shape index (κ1) is 18.5. The van der Waals surface area contributed by atoms with Crippen LogP contribution in [0.25, 0.3) is 0 Å². The summed E-state index contributed by atoms with van der Waals surface area (Å²) in [6.07, 6.45) is 0.00654. The molecule has 0 spiro atoms. The lowest BCUT2D eigenvalue weighted by Crippen LogP contribution is -2.43. The molecule has 2 rings (SSSR count). The number of methoxy groups -OCH3 is 1. The van der Waals surface area contributed by atoms with E-state index in [1.165, 1.54) is 0 Å². The third kappa shape index (κ3) is 5.07. The molecule has 0 aliphatic carbocycles. The van der Waals surface area contributed by atoms with Gasteiger partial charge in [0, 0.05) is 31.3 Å². The summed E-state index contributed by atoms with van der Waals surface area (Å²) in [7, 11) is 1.68. The van der Waals surface area contributed by atoms with E-state index < -0.39 is 5.60 Å². The number of benzene rings is 1. The van der Waals surface area contributed by atoms with Crippen LogP contribution in [-0.2, 0) is 4.74 Å². The average Bonchev–Trinajstić information content (AvgIpc) is 2.94. The van der Waals surface area contributed by atoms with Crippen LogP contribution in [-0.4, -0.2) is 60.4 Å². The Kier molecular flexibility index (Phi) is 6.00. The molecule has 1 heterocycles. The number of amides is 1. The van der Waals surface area contributed by atoms with Gasteiger partial charge in [0.2, 0.25) is 0 Å². The molecule has 0 aromatic heterocycles. The molecule has 1 amide bonds. The molecule has 1 aliphatic heterocycles. The van der Waals surface area contributed by atoms with Crippen LogP contribution in [0.3, 0.4) is 0 Å². The first-order chi connectivity index (χ1) is 11.3. The van der Waals surface area contributed by atoms with Crippen LogP contribution in [0.4, 0.5) is 0 Å². The van der Waals surface area contributed by atoms with E-state index in [1.807, 2.05) is 6.07 Å². The van der Waals surface area contributed by atoms with Gasteiger partial charge < -0.3 is 15.2 Å². The quantitative estimate of drug-likeness (QED) is 0.816. The highest BCUT2D eigenvalue weighted by molar-refractivity contribution is 5.94. The summed E-state index contributed by atoms with van der Waals surface area (Å²) in [5, 5.41) is 12.7. The smallest absolute Gasteiger partial charge is 0.251 e. The topological polar surface area (TPSA) is 61.8 Å². The largest absolute Gasteiger partial charge is 0.378 e. The SMILES string of the molecule is CCN1C[C@@H](NC(=O)c2cccc(C#CC(C)(C)O)c2)[C@H](OC)C1. The number of carbonyl (C=O) groups excluding carboxylic acids is 1. The second kappa shape index (κ2) is 7.80. The van der Waals surface area contributed by atoms with Crippen LogP contribution >= 0.6 is 0 Å². The summed E-state index contributed by atoms with van der Waals surface area (Å²) in [6.45, 7) is 7.91. The number of likely N-dealkylation sites (N-methyl/N-ethyl adjacent to an activating group) is 1. The van der Waals surface area contributed by atoms with Crippen molar-refractivity contribution in [2.24, 2.45) is 0 Å². The fraction of sp³-hybridized carbons (Fsp3) is 0.526. The third-order valence-electron chi connectivity index (χ3n) is 4.05. The normalized spacial score (nSPS) is 21.2. The fourth-order valence-electron chi connectivity index (χ4n) is 2.70. The molecular weight excluding hydrogens is 304 g/mol. The number of hydrogen-bond donors (Lipinski definition) is 2. The molecule has 24 heavy (non-hydrogen) atoms. The van der Waals surface area contributed by atoms with E-state index in [4.69, 9.17) is 4.74 Å². The van der Waals surface area contributed by atoms with Gasteiger partial charge in [-0.1, -0.05) is 24.8 Å². The number of ether oxygens (including phenoxy) is 1. The van der Waals surface area contributed by atoms with Crippen LogP contribution < -0.4 is 5.32 Å². The van der Waals surface area contributed by atoms with Gasteiger partial charge in [-0.25, -0.2) is 0 Å². The van der Waals surface area contributed by atoms with Crippen LogP contribution in [0.5, 0.6) is 0 Å². The van der Waals surface area contributed by atoms with Gasteiger partial charge in [0.15, 0.2) is 0 Å². The van der Waals surface area contributed by atoms with E-state index in [9.17, 15) is 9.90 Å². The summed E-state index contributed by atoms with van der Waals surface area (Å²) in [6, 6.07) is 7.10. The lowest BCUT2D eigenvalue weighted by atomic mass is 10.1. The molecule has 5 nitrogen and oxygen atoms in total. The molecule has 1 aliphatic rings. The lowest BCUT2D eigenvalue weighted by molar-refractivity contribution is 0.0762. The maximum atomic E-state index is 12.5. The number of nitrogens with one attached hydrogen (secondary N) is 1. The molecule has 0 unspecified atom stereocenters. The number of rotatable bonds is 4. The zero-order valence-electron chi connectivity index (χ0n) is 14.8. The molecule has 2 N–H and O–H groups in total. The Hall–Kier alpha value is -1.87. The predicted molar refractivity (Wildman–Crippen MR) is 93.8 cm³/mol. The molecule has 0 saturated carbocycles. The Balaban J connectivity index is 2.08. The third-order valence-corrected chi connectivity index (χ3v) is 4.05. The van der Waals surface area contributed by atoms with Crippen molar-refractivity contribution in [3.63, 3.8) is 0 Å². The number of carbonyl (C=O) groups is 1. The van der Waals surface area contributed by atoms with Crippen molar-refractivity contribution in [3.05, 3.63) is 35.4 Å². The van der Waals surface area contributed by atoms with Gasteiger partial charge in [0.1, 0.15) is 5.60 Å². The van der Waals surface area contributed by atoms with E-state index in [0.29, 0.717) is 11.1 Å². The minimum Gasteiger partial charge on any atom is -0.378 e. The van der Waals surface area contributed by atoms with Crippen molar-refractivity contribution in [1.82, 2.24) is 10.2 Å². The molecule has 1 saturated heterocycles. The number of likely N-dealkylation sites (tertiary alicyclic amines) is 1. The Labute approximate surface area is 144 Å². The standard InChI is InChI=1S/C19H26N2O3/c1-5-21-12-16(17(13-21)24-4)20-18(22)15-8-6-7-14(11-15)9-10-19(2,3)23/h6-8,11,16-17,23H,5,12-13H2,1-4H3,(H,20,22)/t16-,17-/m1/s1. The highest BCUT2D eigenvalue weighted by Gasteiger charge is 2.33. The minimum atomic E-state index is -1.06. The summed E-state index contributed by atoms with van der Waals surface area (Å²) < 4.78 is 5.49. The van der Waals surface area contributed by atoms with Gasteiger partial charge in [0.05, 0.1) is 12.1 Å². The fourth-order valence-corrected chi connectivity index (χ4v) is 2.70. The highest BCUT2D eigenvalue weighted by atomic mass is 16.5. The molecule has 0 radical (unpaired) electrons. The Morgan fingerprint density at radius 1 is 1.46 bits per heavy atom. The van der Waals surface area contributed by atoms with E-state index in [-0.39, 0.29) is 18.1 Å². The van der Waals surface area contributed by atoms with Crippen molar-refractivity contribution in [1.29, 1.82) is 0 Å². The van der Waals surface area contributed by atoms with Gasteiger partial charge in [-0.05, 0) is 38.6 Å². The number of hydrogen-bond acceptors (Lipinski definition) is 4. The van der Waals surface area contributed by atoms with Crippen molar-refractivity contribution in [2.75, 3.05) is 26.7 Å². The van der Waals surface area contributed by atoms with Crippen molar-refractivity contribution in [2.45, 2.75) is 38.5 Å². The van der Waals surface area contributed by atoms with Crippen LogP contribution in [0.15, 0.2) is 24.3 Å². The molecular formula is C19H26N2O3. The Morgan fingerprint density at radius 2 is 2.21 bits per heavy atom. The first-order valence-electron chi connectivity index (χ1n) is 8.24. The number of aliphatic hydroxyl groups is 1. The number of nitrogens with zero attached hydrogens (tertiary/aromatic N) is 1. The summed E-state index contributed by atoms with van der Waals surface area (Å²) in [5.41, 5.74) is 0.203. The summed E-state index contributed by atoms with van der Waals surface area (Å²) in [4.78, 5) is 14.8. The zero-order valence-corrected chi connectivity index (χ0v) is 14.8. The van der Waals surface area contributed by atoms with Crippen LogP contribution in [0, 0.1) is 11.8 Å². The van der Waals surface area contributed by atoms with Gasteiger partial charge in [-0.3, -0.25) is 9.69 Å². The van der Waals surface area contributed by atoms with Crippen molar-refractivity contribution >= 4 is 5.91 Å². The maximum absolute atomic E-state index is 12.5. The molecule has 1 aromatic carbocycles. The van der Waals surface area contributed by atoms with Crippen LogP contribution in [0.2, 0.25) is 0 Å². The average molecular weight is 330 g/mol. The van der Waals surface area contributed by atoms with Gasteiger partial charge in [0.25, 0.3) is 5.91 Å². The minimum absolute atomic E-state index is 0.00654. The van der Waals surface area contributed by atoms with Gasteiger partial charge >= 0.3 is 0 Å². The van der Waals surface area contributed by atoms with Crippen LogP contribution in [0.1, 0.15) is 36.7 Å². The first-order valence-corrected chi connectivity index (χ1v) is 8.24. The molecule has 0 bridgehead atoms. The monoisotopic (exact) mass is 330 g/mol.